The fourth-order valence-corrected chi connectivity index (χ4v) is 2.24. The quantitative estimate of drug-likeness (QED) is 0.606. The number of carbonyl (C=O) groups is 4. The van der Waals surface area contributed by atoms with E-state index in [1.807, 2.05) is 0 Å². The van der Waals surface area contributed by atoms with Gasteiger partial charge in [-0.2, -0.15) is 0 Å². The van der Waals surface area contributed by atoms with E-state index in [1.165, 1.54) is 6.92 Å². The zero-order valence-corrected chi connectivity index (χ0v) is 15.1. The average Bonchev–Trinajstić information content (AvgIpc) is 3.36. The van der Waals surface area contributed by atoms with Crippen molar-refractivity contribution in [3.05, 3.63) is 34.3 Å². The van der Waals surface area contributed by atoms with E-state index in [2.05, 4.69) is 31.9 Å². The molecule has 0 saturated heterocycles. The highest BCUT2D eigenvalue weighted by Crippen LogP contribution is 2.18. The van der Waals surface area contributed by atoms with Gasteiger partial charge in [-0.25, -0.2) is 4.79 Å². The summed E-state index contributed by atoms with van der Waals surface area (Å²) in [5.41, 5.74) is 0.379. The van der Waals surface area contributed by atoms with E-state index in [0.29, 0.717) is 5.56 Å². The number of nitrogens with one attached hydrogen (secondary N) is 3. The topological polar surface area (TPSA) is 114 Å². The van der Waals surface area contributed by atoms with Crippen LogP contribution in [0.2, 0.25) is 0 Å². The van der Waals surface area contributed by atoms with Gasteiger partial charge in [0.1, 0.15) is 6.54 Å². The molecule has 8 nitrogen and oxygen atoms in total. The summed E-state index contributed by atoms with van der Waals surface area (Å²) < 4.78 is 5.62. The maximum Gasteiger partial charge on any atom is 0.326 e. The SMILES string of the molecule is CC(OC(=O)CNC(=O)c1cccc(Br)c1)C(=O)NC(=O)NC1CC1. The van der Waals surface area contributed by atoms with Crippen LogP contribution in [0.3, 0.4) is 0 Å². The second-order valence-electron chi connectivity index (χ2n) is 5.56. The molecule has 1 unspecified atom stereocenters. The van der Waals surface area contributed by atoms with Gasteiger partial charge in [-0.1, -0.05) is 22.0 Å². The zero-order valence-electron chi connectivity index (χ0n) is 13.5. The van der Waals surface area contributed by atoms with Crippen LogP contribution in [-0.4, -0.2) is 42.5 Å². The van der Waals surface area contributed by atoms with Gasteiger partial charge in [-0.3, -0.25) is 19.7 Å². The van der Waals surface area contributed by atoms with Crippen LogP contribution in [0.5, 0.6) is 0 Å². The van der Waals surface area contributed by atoms with E-state index < -0.39 is 36.5 Å². The van der Waals surface area contributed by atoms with Gasteiger partial charge < -0.3 is 15.4 Å². The first-order valence-corrected chi connectivity index (χ1v) is 8.49. The third kappa shape index (κ3) is 6.54. The Bertz CT molecular complexity index is 690. The predicted octanol–water partition coefficient (Wildman–Crippen LogP) is 1.10. The van der Waals surface area contributed by atoms with Crippen molar-refractivity contribution in [3.63, 3.8) is 0 Å². The number of urea groups is 1. The number of hydrogen-bond donors (Lipinski definition) is 3. The Kier molecular flexibility index (Phi) is 6.51. The van der Waals surface area contributed by atoms with Gasteiger partial charge in [0.15, 0.2) is 6.10 Å². The second-order valence-corrected chi connectivity index (χ2v) is 6.48. The first-order chi connectivity index (χ1) is 11.8. The first-order valence-electron chi connectivity index (χ1n) is 7.69. The van der Waals surface area contributed by atoms with Gasteiger partial charge in [0, 0.05) is 16.1 Å². The Hall–Kier alpha value is -2.42. The maximum atomic E-state index is 11.9. The Morgan fingerprint density at radius 3 is 2.64 bits per heavy atom. The van der Waals surface area contributed by atoms with Crippen LogP contribution in [0, 0.1) is 0 Å². The van der Waals surface area contributed by atoms with Gasteiger partial charge in [-0.05, 0) is 38.0 Å². The molecular formula is C16H18BrN3O5. The molecule has 0 aliphatic heterocycles. The average molecular weight is 412 g/mol. The third-order valence-electron chi connectivity index (χ3n) is 3.31. The largest absolute Gasteiger partial charge is 0.451 e. The molecule has 0 bridgehead atoms. The fourth-order valence-electron chi connectivity index (χ4n) is 1.84. The fraction of sp³-hybridized carbons (Fsp3) is 0.375. The summed E-state index contributed by atoms with van der Waals surface area (Å²) in [7, 11) is 0. The molecule has 25 heavy (non-hydrogen) atoms. The lowest BCUT2D eigenvalue weighted by Crippen LogP contribution is -2.46. The third-order valence-corrected chi connectivity index (χ3v) is 3.80. The minimum Gasteiger partial charge on any atom is -0.451 e. The monoisotopic (exact) mass is 411 g/mol. The molecular weight excluding hydrogens is 394 g/mol. The first kappa shape index (κ1) is 18.9. The molecule has 0 spiro atoms. The Morgan fingerprint density at radius 2 is 2.00 bits per heavy atom. The molecule has 4 amide bonds. The van der Waals surface area contributed by atoms with Crippen LogP contribution < -0.4 is 16.0 Å². The molecule has 1 aromatic rings. The van der Waals surface area contributed by atoms with Crippen molar-refractivity contribution in [1.29, 1.82) is 0 Å². The van der Waals surface area contributed by atoms with Gasteiger partial charge >= 0.3 is 12.0 Å². The normalized spacial score (nSPS) is 14.2. The number of esters is 1. The molecule has 1 saturated carbocycles. The van der Waals surface area contributed by atoms with Crippen molar-refractivity contribution in [2.45, 2.75) is 31.9 Å². The molecule has 2 rings (SSSR count). The Balaban J connectivity index is 1.72. The van der Waals surface area contributed by atoms with Crippen LogP contribution in [0.1, 0.15) is 30.1 Å². The predicted molar refractivity (Wildman–Crippen MR) is 91.7 cm³/mol. The van der Waals surface area contributed by atoms with Crippen molar-refractivity contribution >= 4 is 39.7 Å². The molecule has 0 aromatic heterocycles. The van der Waals surface area contributed by atoms with Crippen molar-refractivity contribution in [1.82, 2.24) is 16.0 Å². The lowest BCUT2D eigenvalue weighted by molar-refractivity contribution is -0.153. The van der Waals surface area contributed by atoms with Crippen molar-refractivity contribution < 1.29 is 23.9 Å². The second kappa shape index (κ2) is 8.61. The zero-order chi connectivity index (χ0) is 18.4. The number of carbonyl (C=O) groups excluding carboxylic acids is 4. The molecule has 9 heteroatoms. The Labute approximate surface area is 152 Å². The van der Waals surface area contributed by atoms with E-state index in [0.717, 1.165) is 17.3 Å². The summed E-state index contributed by atoms with van der Waals surface area (Å²) in [5.74, 6) is -1.96. The van der Waals surface area contributed by atoms with E-state index >= 15 is 0 Å². The summed E-state index contributed by atoms with van der Waals surface area (Å²) in [6.07, 6.45) is 0.633. The molecule has 1 fully saturated rings. The van der Waals surface area contributed by atoms with Crippen molar-refractivity contribution in [2.24, 2.45) is 0 Å². The molecule has 1 aromatic carbocycles. The highest BCUT2D eigenvalue weighted by Gasteiger charge is 2.26. The molecule has 1 aliphatic rings. The van der Waals surface area contributed by atoms with Crippen LogP contribution in [0.25, 0.3) is 0 Å². The molecule has 1 aliphatic carbocycles. The van der Waals surface area contributed by atoms with Crippen LogP contribution in [0.15, 0.2) is 28.7 Å². The van der Waals surface area contributed by atoms with Gasteiger partial charge in [0.05, 0.1) is 0 Å². The van der Waals surface area contributed by atoms with Gasteiger partial charge in [0.25, 0.3) is 11.8 Å². The number of imide groups is 1. The summed E-state index contributed by atoms with van der Waals surface area (Å²) in [6.45, 7) is 0.949. The molecule has 3 N–H and O–H groups in total. The van der Waals surface area contributed by atoms with E-state index in [4.69, 9.17) is 4.74 Å². The number of benzene rings is 1. The van der Waals surface area contributed by atoms with E-state index in [-0.39, 0.29) is 6.04 Å². The Morgan fingerprint density at radius 1 is 1.28 bits per heavy atom. The summed E-state index contributed by atoms with van der Waals surface area (Å²) in [5, 5.41) is 7.08. The smallest absolute Gasteiger partial charge is 0.326 e. The molecule has 134 valence electrons. The van der Waals surface area contributed by atoms with Crippen LogP contribution in [0.4, 0.5) is 4.79 Å². The highest BCUT2D eigenvalue weighted by atomic mass is 79.9. The maximum absolute atomic E-state index is 11.9. The standard InChI is InChI=1S/C16H18BrN3O5/c1-9(14(22)20-16(24)19-12-5-6-12)25-13(21)8-18-15(23)10-3-2-4-11(17)7-10/h2-4,7,9,12H,5-6,8H2,1H3,(H,18,23)(H2,19,20,22,24). The highest BCUT2D eigenvalue weighted by molar-refractivity contribution is 9.10. The van der Waals surface area contributed by atoms with Crippen LogP contribution in [-0.2, 0) is 14.3 Å². The minimum atomic E-state index is -1.15. The summed E-state index contributed by atoms with van der Waals surface area (Å²) in [6, 6.07) is 6.16. The molecule has 0 heterocycles. The molecule has 0 radical (unpaired) electrons. The summed E-state index contributed by atoms with van der Waals surface area (Å²) in [4.78, 5) is 46.8. The lowest BCUT2D eigenvalue weighted by Gasteiger charge is -2.13. The van der Waals surface area contributed by atoms with Crippen molar-refractivity contribution in [2.75, 3.05) is 6.54 Å². The van der Waals surface area contributed by atoms with Crippen molar-refractivity contribution in [3.8, 4) is 0 Å². The number of halogens is 1. The number of amides is 4. The van der Waals surface area contributed by atoms with Crippen LogP contribution >= 0.6 is 15.9 Å². The van der Waals surface area contributed by atoms with Gasteiger partial charge in [-0.15, -0.1) is 0 Å². The van der Waals surface area contributed by atoms with Gasteiger partial charge in [0.2, 0.25) is 0 Å². The van der Waals surface area contributed by atoms with E-state index in [1.54, 1.807) is 24.3 Å². The van der Waals surface area contributed by atoms with E-state index in [9.17, 15) is 19.2 Å². The number of ether oxygens (including phenoxy) is 1. The number of rotatable bonds is 6. The minimum absolute atomic E-state index is 0.110. The summed E-state index contributed by atoms with van der Waals surface area (Å²) >= 11 is 3.25. The number of hydrogen-bond acceptors (Lipinski definition) is 5. The molecule has 1 atom stereocenters. The lowest BCUT2D eigenvalue weighted by atomic mass is 10.2.